The van der Waals surface area contributed by atoms with Gasteiger partial charge in [0.2, 0.25) is 0 Å². The van der Waals surface area contributed by atoms with E-state index in [0.717, 1.165) is 4.47 Å². The van der Waals surface area contributed by atoms with Gasteiger partial charge in [0.05, 0.1) is 9.78 Å². The first-order valence-corrected chi connectivity index (χ1v) is 8.10. The van der Waals surface area contributed by atoms with E-state index in [1.54, 1.807) is 42.5 Å². The molecule has 0 spiro atoms. The minimum atomic E-state index is -1.30. The van der Waals surface area contributed by atoms with Gasteiger partial charge in [-0.15, -0.1) is 0 Å². The Kier molecular flexibility index (Phi) is 5.92. The van der Waals surface area contributed by atoms with Crippen molar-refractivity contribution in [3.05, 3.63) is 61.6 Å². The van der Waals surface area contributed by atoms with E-state index in [1.165, 1.54) is 6.21 Å². The van der Waals surface area contributed by atoms with Crippen LogP contribution in [0.5, 0.6) is 5.75 Å². The summed E-state index contributed by atoms with van der Waals surface area (Å²) < 4.78 is 1.44. The lowest BCUT2D eigenvalue weighted by Gasteiger charge is -2.08. The smallest absolute Gasteiger partial charge is 0.273 e. The number of phenolic OH excluding ortho intramolecular Hbond substituents is 1. The van der Waals surface area contributed by atoms with Gasteiger partial charge in [-0.2, -0.15) is 5.10 Å². The number of hydrogen-bond acceptors (Lipinski definition) is 4. The Morgan fingerprint density at radius 1 is 1.32 bits per heavy atom. The normalized spacial score (nSPS) is 12.3. The third-order valence-corrected chi connectivity index (χ3v) is 4.08. The third kappa shape index (κ3) is 4.28. The summed E-state index contributed by atoms with van der Waals surface area (Å²) >= 11 is 5.31. The highest BCUT2D eigenvalue weighted by Gasteiger charge is 2.16. The minimum Gasteiger partial charge on any atom is -0.506 e. The van der Waals surface area contributed by atoms with Crippen molar-refractivity contribution in [2.24, 2.45) is 5.10 Å². The molecule has 0 aliphatic rings. The number of amides is 1. The van der Waals surface area contributed by atoms with E-state index in [4.69, 9.17) is 0 Å². The molecular weight excluding hydrogens is 463 g/mol. The lowest BCUT2D eigenvalue weighted by molar-refractivity contribution is -0.129. The van der Waals surface area contributed by atoms with Crippen molar-refractivity contribution in [1.82, 2.24) is 5.43 Å². The van der Waals surface area contributed by atoms with Crippen LogP contribution in [0.2, 0.25) is 0 Å². The molecule has 1 unspecified atom stereocenters. The van der Waals surface area contributed by atoms with Gasteiger partial charge in [0.15, 0.2) is 6.10 Å². The van der Waals surface area contributed by atoms with Gasteiger partial charge in [-0.1, -0.05) is 46.3 Å². The fourth-order valence-corrected chi connectivity index (χ4v) is 3.25. The molecular formula is C15H12BrIN2O3. The lowest BCUT2D eigenvalue weighted by atomic mass is 10.1. The molecule has 0 radical (unpaired) electrons. The van der Waals surface area contributed by atoms with Crippen molar-refractivity contribution in [2.45, 2.75) is 6.10 Å². The van der Waals surface area contributed by atoms with Crippen molar-refractivity contribution in [3.63, 3.8) is 0 Å². The number of carbonyl (C=O) groups excluding carboxylic acids is 1. The van der Waals surface area contributed by atoms with Crippen LogP contribution in [0.4, 0.5) is 0 Å². The summed E-state index contributed by atoms with van der Waals surface area (Å²) in [5.74, 6) is -0.572. The Morgan fingerprint density at radius 3 is 2.68 bits per heavy atom. The van der Waals surface area contributed by atoms with Crippen LogP contribution in [0.25, 0.3) is 0 Å². The summed E-state index contributed by atoms with van der Waals surface area (Å²) in [5.41, 5.74) is 3.18. The lowest BCUT2D eigenvalue weighted by Crippen LogP contribution is -2.25. The van der Waals surface area contributed by atoms with Crippen LogP contribution in [0.1, 0.15) is 17.2 Å². The summed E-state index contributed by atoms with van der Waals surface area (Å²) in [4.78, 5) is 11.8. The van der Waals surface area contributed by atoms with Crippen LogP contribution in [-0.2, 0) is 4.79 Å². The standard InChI is InChI=1S/C15H12BrIN2O3/c16-11-6-10(13(20)12(17)7-11)8-18-19-15(22)14(21)9-4-2-1-3-5-9/h1-8,14,20-21H,(H,19,22). The van der Waals surface area contributed by atoms with Crippen LogP contribution >= 0.6 is 38.5 Å². The molecule has 7 heteroatoms. The maximum atomic E-state index is 11.8. The van der Waals surface area contributed by atoms with Crippen molar-refractivity contribution in [3.8, 4) is 5.75 Å². The largest absolute Gasteiger partial charge is 0.506 e. The molecule has 0 aromatic heterocycles. The number of carbonyl (C=O) groups is 1. The maximum absolute atomic E-state index is 11.8. The van der Waals surface area contributed by atoms with E-state index in [2.05, 4.69) is 26.5 Å². The number of aliphatic hydroxyl groups excluding tert-OH is 1. The first kappa shape index (κ1) is 16.9. The van der Waals surface area contributed by atoms with Gasteiger partial charge in [0, 0.05) is 10.0 Å². The van der Waals surface area contributed by atoms with Gasteiger partial charge < -0.3 is 10.2 Å². The molecule has 0 aliphatic heterocycles. The van der Waals surface area contributed by atoms with Crippen LogP contribution in [-0.4, -0.2) is 22.3 Å². The summed E-state index contributed by atoms with van der Waals surface area (Å²) in [6.45, 7) is 0. The van der Waals surface area contributed by atoms with Crippen LogP contribution in [0.3, 0.4) is 0 Å². The van der Waals surface area contributed by atoms with Gasteiger partial charge >= 0.3 is 0 Å². The predicted molar refractivity (Wildman–Crippen MR) is 95.7 cm³/mol. The number of rotatable bonds is 4. The number of hydrogen-bond donors (Lipinski definition) is 3. The quantitative estimate of drug-likeness (QED) is 0.362. The molecule has 2 rings (SSSR count). The highest BCUT2D eigenvalue weighted by Crippen LogP contribution is 2.27. The zero-order valence-electron chi connectivity index (χ0n) is 11.2. The number of benzene rings is 2. The number of nitrogens with one attached hydrogen (secondary N) is 1. The first-order valence-electron chi connectivity index (χ1n) is 6.23. The van der Waals surface area contributed by atoms with Gasteiger partial charge in [-0.05, 0) is 40.3 Å². The van der Waals surface area contributed by atoms with E-state index in [-0.39, 0.29) is 5.75 Å². The molecule has 0 bridgehead atoms. The number of aliphatic hydroxyl groups is 1. The molecule has 1 atom stereocenters. The monoisotopic (exact) mass is 474 g/mol. The van der Waals surface area contributed by atoms with E-state index in [1.807, 2.05) is 22.6 Å². The fraction of sp³-hybridized carbons (Fsp3) is 0.0667. The molecule has 0 fully saturated rings. The average molecular weight is 475 g/mol. The van der Waals surface area contributed by atoms with E-state index >= 15 is 0 Å². The molecule has 0 saturated heterocycles. The van der Waals surface area contributed by atoms with Crippen molar-refractivity contribution in [2.75, 3.05) is 0 Å². The Morgan fingerprint density at radius 2 is 2.00 bits per heavy atom. The van der Waals surface area contributed by atoms with Crippen LogP contribution < -0.4 is 5.43 Å². The molecule has 3 N–H and O–H groups in total. The van der Waals surface area contributed by atoms with Gasteiger partial charge in [-0.25, -0.2) is 5.43 Å². The Hall–Kier alpha value is -1.45. The van der Waals surface area contributed by atoms with Gasteiger partial charge in [0.1, 0.15) is 5.75 Å². The van der Waals surface area contributed by atoms with Crippen LogP contribution in [0.15, 0.2) is 52.0 Å². The maximum Gasteiger partial charge on any atom is 0.273 e. The second-order valence-corrected chi connectivity index (χ2v) is 6.45. The first-order chi connectivity index (χ1) is 10.5. The highest BCUT2D eigenvalue weighted by atomic mass is 127. The number of hydrazone groups is 1. The molecule has 22 heavy (non-hydrogen) atoms. The van der Waals surface area contributed by atoms with Crippen molar-refractivity contribution in [1.29, 1.82) is 0 Å². The summed E-state index contributed by atoms with van der Waals surface area (Å²) in [6.07, 6.45) is 0.0207. The van der Waals surface area contributed by atoms with E-state index in [0.29, 0.717) is 14.7 Å². The third-order valence-electron chi connectivity index (χ3n) is 2.80. The zero-order chi connectivity index (χ0) is 16.1. The molecule has 5 nitrogen and oxygen atoms in total. The van der Waals surface area contributed by atoms with Gasteiger partial charge in [-0.3, -0.25) is 4.79 Å². The highest BCUT2D eigenvalue weighted by molar-refractivity contribution is 14.1. The Labute approximate surface area is 149 Å². The SMILES string of the molecule is O=C(NN=Cc1cc(Br)cc(I)c1O)C(O)c1ccccc1. The summed E-state index contributed by atoms with van der Waals surface area (Å²) in [7, 11) is 0. The Balaban J connectivity index is 2.05. The Bertz CT molecular complexity index is 707. The van der Waals surface area contributed by atoms with Crippen molar-refractivity contribution < 1.29 is 15.0 Å². The average Bonchev–Trinajstić information content (AvgIpc) is 2.51. The molecule has 2 aromatic rings. The summed E-state index contributed by atoms with van der Waals surface area (Å²) in [6, 6.07) is 12.0. The molecule has 1 amide bonds. The van der Waals surface area contributed by atoms with Crippen LogP contribution in [0, 0.1) is 3.57 Å². The van der Waals surface area contributed by atoms with Crippen molar-refractivity contribution >= 4 is 50.6 Å². The molecule has 0 aliphatic carbocycles. The zero-order valence-corrected chi connectivity index (χ0v) is 14.9. The number of phenols is 1. The van der Waals surface area contributed by atoms with E-state index in [9.17, 15) is 15.0 Å². The molecule has 114 valence electrons. The predicted octanol–water partition coefficient (Wildman–Crippen LogP) is 2.94. The second-order valence-electron chi connectivity index (χ2n) is 4.37. The topological polar surface area (TPSA) is 81.9 Å². The number of nitrogens with zero attached hydrogens (tertiary/aromatic N) is 1. The molecule has 2 aromatic carbocycles. The minimum absolute atomic E-state index is 0.0745. The summed E-state index contributed by atoms with van der Waals surface area (Å²) in [5, 5.41) is 23.5. The van der Waals surface area contributed by atoms with Gasteiger partial charge in [0.25, 0.3) is 5.91 Å². The number of halogens is 2. The second kappa shape index (κ2) is 7.70. The molecule has 0 heterocycles. The molecule has 0 saturated carbocycles. The van der Waals surface area contributed by atoms with E-state index < -0.39 is 12.0 Å². The fourth-order valence-electron chi connectivity index (χ4n) is 1.70. The number of aromatic hydroxyl groups is 1.